The first kappa shape index (κ1) is 17.4. The highest BCUT2D eigenvalue weighted by atomic mass is 32.2. The number of aromatic nitrogens is 2. The Morgan fingerprint density at radius 3 is 2.65 bits per heavy atom. The molecule has 1 aromatic heterocycles. The Labute approximate surface area is 138 Å². The molecule has 2 rings (SSSR count). The maximum Gasteiger partial charge on any atom is 0.441 e. The van der Waals surface area contributed by atoms with E-state index in [0.29, 0.717) is 17.8 Å². The van der Waals surface area contributed by atoms with E-state index in [1.165, 1.54) is 18.1 Å². The van der Waals surface area contributed by atoms with Crippen molar-refractivity contribution in [2.45, 2.75) is 13.8 Å². The maximum atomic E-state index is 12.7. The van der Waals surface area contributed by atoms with Gasteiger partial charge in [-0.3, -0.25) is 0 Å². The van der Waals surface area contributed by atoms with Gasteiger partial charge in [0.2, 0.25) is 0 Å². The number of hydrogen-bond donors (Lipinski definition) is 0. The molecular formula is C15H22N4O3S. The monoisotopic (exact) mass is 338 g/mol. The van der Waals surface area contributed by atoms with Gasteiger partial charge in [-0.1, -0.05) is 26.0 Å². The normalized spacial score (nSPS) is 12.5. The Bertz CT molecular complexity index is 684. The Morgan fingerprint density at radius 2 is 2.00 bits per heavy atom. The third-order valence-corrected chi connectivity index (χ3v) is 4.87. The molecule has 2 aromatic rings. The van der Waals surface area contributed by atoms with Crippen LogP contribution >= 0.6 is 0 Å². The van der Waals surface area contributed by atoms with Crippen LogP contribution in [0.2, 0.25) is 0 Å². The SMILES string of the molecule is CCN(CC)CCS(=O)N(C(=O)OC)n1cnc2ccccc21. The summed E-state index contributed by atoms with van der Waals surface area (Å²) in [6, 6.07) is 7.36. The first-order valence-electron chi connectivity index (χ1n) is 7.53. The van der Waals surface area contributed by atoms with Crippen molar-refractivity contribution in [1.29, 1.82) is 0 Å². The number of carbonyl (C=O) groups is 1. The van der Waals surface area contributed by atoms with Gasteiger partial charge in [0.1, 0.15) is 17.3 Å². The summed E-state index contributed by atoms with van der Waals surface area (Å²) in [5, 5.41) is 0. The van der Waals surface area contributed by atoms with E-state index in [-0.39, 0.29) is 0 Å². The second-order valence-electron chi connectivity index (χ2n) is 4.87. The van der Waals surface area contributed by atoms with Crippen LogP contribution in [0.4, 0.5) is 4.79 Å². The number of para-hydroxylation sites is 2. The Kier molecular flexibility index (Phi) is 6.12. The van der Waals surface area contributed by atoms with Crippen molar-refractivity contribution in [2.24, 2.45) is 0 Å². The van der Waals surface area contributed by atoms with Crippen LogP contribution in [-0.4, -0.2) is 57.4 Å². The number of imidazole rings is 1. The number of nitrogens with zero attached hydrogens (tertiary/aromatic N) is 4. The summed E-state index contributed by atoms with van der Waals surface area (Å²) in [5.74, 6) is 0.337. The Morgan fingerprint density at radius 1 is 1.30 bits per heavy atom. The Balaban J connectivity index is 2.27. The van der Waals surface area contributed by atoms with Crippen molar-refractivity contribution in [3.8, 4) is 0 Å². The van der Waals surface area contributed by atoms with Crippen LogP contribution in [0.25, 0.3) is 11.0 Å². The van der Waals surface area contributed by atoms with Gasteiger partial charge < -0.3 is 9.64 Å². The van der Waals surface area contributed by atoms with Crippen molar-refractivity contribution in [1.82, 2.24) is 14.6 Å². The molecule has 0 fully saturated rings. The third-order valence-electron chi connectivity index (χ3n) is 3.63. The summed E-state index contributed by atoms with van der Waals surface area (Å²) in [6.45, 7) is 6.49. The fourth-order valence-electron chi connectivity index (χ4n) is 2.27. The van der Waals surface area contributed by atoms with Crippen LogP contribution in [0, 0.1) is 0 Å². The molecule has 23 heavy (non-hydrogen) atoms. The highest BCUT2D eigenvalue weighted by Gasteiger charge is 2.25. The molecule has 0 spiro atoms. The van der Waals surface area contributed by atoms with Crippen LogP contribution in [0.15, 0.2) is 30.6 Å². The second-order valence-corrected chi connectivity index (χ2v) is 6.27. The smallest absolute Gasteiger partial charge is 0.441 e. The summed E-state index contributed by atoms with van der Waals surface area (Å²) in [6.07, 6.45) is 0.808. The van der Waals surface area contributed by atoms with Gasteiger partial charge in [-0.15, -0.1) is 4.41 Å². The summed E-state index contributed by atoms with van der Waals surface area (Å²) >= 11 is 0. The molecule has 0 aliphatic rings. The van der Waals surface area contributed by atoms with Gasteiger partial charge in [-0.05, 0) is 25.2 Å². The minimum absolute atomic E-state index is 0.337. The van der Waals surface area contributed by atoms with E-state index in [1.807, 2.05) is 38.1 Å². The number of ether oxygens (including phenoxy) is 1. The zero-order chi connectivity index (χ0) is 16.8. The van der Waals surface area contributed by atoms with Crippen molar-refractivity contribution >= 4 is 28.1 Å². The molecule has 0 aliphatic carbocycles. The zero-order valence-corrected chi connectivity index (χ0v) is 14.5. The van der Waals surface area contributed by atoms with Crippen LogP contribution < -0.4 is 4.41 Å². The van der Waals surface area contributed by atoms with Gasteiger partial charge in [-0.2, -0.15) is 0 Å². The predicted molar refractivity (Wildman–Crippen MR) is 91.2 cm³/mol. The number of benzene rings is 1. The zero-order valence-electron chi connectivity index (χ0n) is 13.6. The minimum Gasteiger partial charge on any atom is -0.451 e. The summed E-state index contributed by atoms with van der Waals surface area (Å²) < 4.78 is 20.1. The van der Waals surface area contributed by atoms with E-state index >= 15 is 0 Å². The second kappa shape index (κ2) is 8.07. The minimum atomic E-state index is -1.56. The number of amides is 1. The van der Waals surface area contributed by atoms with Gasteiger partial charge >= 0.3 is 6.09 Å². The lowest BCUT2D eigenvalue weighted by Gasteiger charge is -2.23. The van der Waals surface area contributed by atoms with E-state index in [0.717, 1.165) is 23.0 Å². The number of carbonyl (C=O) groups excluding carboxylic acids is 1. The summed E-state index contributed by atoms with van der Waals surface area (Å²) in [4.78, 5) is 18.5. The number of hydrogen-bond acceptors (Lipinski definition) is 5. The van der Waals surface area contributed by atoms with Crippen molar-refractivity contribution in [3.63, 3.8) is 0 Å². The van der Waals surface area contributed by atoms with Gasteiger partial charge in [0.05, 0.1) is 23.9 Å². The molecule has 1 aromatic carbocycles. The molecule has 1 amide bonds. The molecule has 0 saturated carbocycles. The predicted octanol–water partition coefficient (Wildman–Crippen LogP) is 1.75. The highest BCUT2D eigenvalue weighted by Crippen LogP contribution is 2.14. The highest BCUT2D eigenvalue weighted by molar-refractivity contribution is 7.86. The first-order valence-corrected chi connectivity index (χ1v) is 8.81. The average molecular weight is 338 g/mol. The molecule has 1 heterocycles. The van der Waals surface area contributed by atoms with Crippen LogP contribution in [0.5, 0.6) is 0 Å². The van der Waals surface area contributed by atoms with Crippen LogP contribution in [-0.2, 0) is 15.7 Å². The molecule has 0 bridgehead atoms. The van der Waals surface area contributed by atoms with Gasteiger partial charge in [0.15, 0.2) is 0 Å². The molecule has 8 heteroatoms. The van der Waals surface area contributed by atoms with Gasteiger partial charge in [-0.25, -0.2) is 18.7 Å². The van der Waals surface area contributed by atoms with Crippen molar-refractivity contribution < 1.29 is 13.7 Å². The van der Waals surface area contributed by atoms with E-state index in [1.54, 1.807) is 0 Å². The van der Waals surface area contributed by atoms with Crippen molar-refractivity contribution in [2.75, 3.05) is 36.9 Å². The topological polar surface area (TPSA) is 67.7 Å². The quantitative estimate of drug-likeness (QED) is 0.769. The fraction of sp³-hybridized carbons (Fsp3) is 0.467. The van der Waals surface area contributed by atoms with Gasteiger partial charge in [0, 0.05) is 6.54 Å². The Hall–Kier alpha value is -1.93. The molecule has 1 unspecified atom stereocenters. The third kappa shape index (κ3) is 3.89. The average Bonchev–Trinajstić information content (AvgIpc) is 3.00. The lowest BCUT2D eigenvalue weighted by Crippen LogP contribution is -2.44. The molecule has 0 N–H and O–H groups in total. The van der Waals surface area contributed by atoms with Crippen LogP contribution in [0.3, 0.4) is 0 Å². The standard InChI is InChI=1S/C15H22N4O3S/c1-4-17(5-2)10-11-23(21)19(15(20)22-3)18-12-16-13-8-6-7-9-14(13)18/h6-9,12H,4-5,10-11H2,1-3H3. The molecule has 0 saturated heterocycles. The summed E-state index contributed by atoms with van der Waals surface area (Å²) in [7, 11) is -0.283. The molecule has 0 aliphatic heterocycles. The molecule has 1 atom stereocenters. The number of rotatable bonds is 7. The van der Waals surface area contributed by atoms with Gasteiger partial charge in [0.25, 0.3) is 0 Å². The van der Waals surface area contributed by atoms with E-state index in [4.69, 9.17) is 4.74 Å². The van der Waals surface area contributed by atoms with E-state index < -0.39 is 17.1 Å². The lowest BCUT2D eigenvalue weighted by molar-refractivity contribution is 0.178. The number of fused-ring (bicyclic) bond motifs is 1. The molecule has 7 nitrogen and oxygen atoms in total. The van der Waals surface area contributed by atoms with E-state index in [2.05, 4.69) is 9.88 Å². The van der Waals surface area contributed by atoms with Crippen molar-refractivity contribution in [3.05, 3.63) is 30.6 Å². The molecule has 0 radical (unpaired) electrons. The maximum absolute atomic E-state index is 12.7. The first-order chi connectivity index (χ1) is 11.1. The van der Waals surface area contributed by atoms with Crippen LogP contribution in [0.1, 0.15) is 13.8 Å². The summed E-state index contributed by atoms with van der Waals surface area (Å²) in [5.41, 5.74) is 1.43. The number of methoxy groups -OCH3 is 1. The fourth-order valence-corrected chi connectivity index (χ4v) is 3.43. The largest absolute Gasteiger partial charge is 0.451 e. The lowest BCUT2D eigenvalue weighted by atomic mass is 10.3. The molecular weight excluding hydrogens is 316 g/mol. The van der Waals surface area contributed by atoms with E-state index in [9.17, 15) is 9.00 Å². The molecule has 126 valence electrons.